The number of hydrogen-bond acceptors (Lipinski definition) is 6. The fourth-order valence-electron chi connectivity index (χ4n) is 3.12. The summed E-state index contributed by atoms with van der Waals surface area (Å²) in [5.74, 6) is 0.997. The lowest BCUT2D eigenvalue weighted by molar-refractivity contribution is 0.0923. The number of nitrogens with one attached hydrogen (secondary N) is 2. The number of carbonyl (C=O) groups is 1. The van der Waals surface area contributed by atoms with Crippen LogP contribution in [0.4, 0.5) is 5.82 Å². The molecule has 3 N–H and O–H groups in total. The molecule has 7 nitrogen and oxygen atoms in total. The largest absolute Gasteiger partial charge is 0.442 e. The number of nitrogens with zero attached hydrogens (tertiary/aromatic N) is 2. The van der Waals surface area contributed by atoms with Crippen LogP contribution in [0.5, 0.6) is 0 Å². The summed E-state index contributed by atoms with van der Waals surface area (Å²) in [6.07, 6.45) is 5.98. The van der Waals surface area contributed by atoms with E-state index in [0.717, 1.165) is 25.7 Å². The molecule has 0 saturated heterocycles. The number of hydrogen-bond donors (Lipinski definition) is 3. The Bertz CT molecular complexity index is 806. The number of aryl methyl sites for hydroxylation is 1. The van der Waals surface area contributed by atoms with Gasteiger partial charge in [0, 0.05) is 17.7 Å². The second-order valence-electron chi connectivity index (χ2n) is 7.33. The average Bonchev–Trinajstić information content (AvgIpc) is 3.40. The van der Waals surface area contributed by atoms with Gasteiger partial charge in [-0.2, -0.15) is 0 Å². The SMILES string of the molecule is Cc1oc2ncnc(NC3(C)CC3)c2c1C(=O)NC1(CCO)CC1. The molecule has 128 valence electrons. The van der Waals surface area contributed by atoms with Crippen LogP contribution in [0, 0.1) is 6.92 Å². The van der Waals surface area contributed by atoms with Gasteiger partial charge in [0.15, 0.2) is 0 Å². The summed E-state index contributed by atoms with van der Waals surface area (Å²) >= 11 is 0. The second kappa shape index (κ2) is 5.17. The standard InChI is InChI=1S/C17H22N4O3/c1-10-11(14(23)21-17(5-6-17)7-8-22)12-13(20-16(2)3-4-16)18-9-19-15(12)24-10/h9,22H,3-8H2,1-2H3,(H,21,23)(H,18,19,20). The molecule has 2 fully saturated rings. The summed E-state index contributed by atoms with van der Waals surface area (Å²) < 4.78 is 5.69. The number of furan rings is 1. The van der Waals surface area contributed by atoms with E-state index < -0.39 is 0 Å². The van der Waals surface area contributed by atoms with Crippen molar-refractivity contribution in [1.82, 2.24) is 15.3 Å². The molecule has 0 bridgehead atoms. The fourth-order valence-corrected chi connectivity index (χ4v) is 3.12. The van der Waals surface area contributed by atoms with Gasteiger partial charge in [-0.05, 0) is 46.0 Å². The zero-order chi connectivity index (χ0) is 16.9. The first-order chi connectivity index (χ1) is 11.5. The van der Waals surface area contributed by atoms with Crippen molar-refractivity contribution in [3.63, 3.8) is 0 Å². The molecule has 1 amide bonds. The van der Waals surface area contributed by atoms with Crippen LogP contribution in [-0.4, -0.2) is 38.7 Å². The third-order valence-electron chi connectivity index (χ3n) is 5.13. The van der Waals surface area contributed by atoms with Crippen molar-refractivity contribution in [1.29, 1.82) is 0 Å². The molecule has 4 rings (SSSR count). The van der Waals surface area contributed by atoms with Crippen molar-refractivity contribution in [2.45, 2.75) is 57.0 Å². The highest BCUT2D eigenvalue weighted by Gasteiger charge is 2.44. The number of aliphatic hydroxyl groups excluding tert-OH is 1. The number of aliphatic hydroxyl groups is 1. The molecule has 2 aromatic heterocycles. The number of aromatic nitrogens is 2. The lowest BCUT2D eigenvalue weighted by Crippen LogP contribution is -2.37. The van der Waals surface area contributed by atoms with E-state index in [4.69, 9.17) is 4.42 Å². The zero-order valence-corrected chi connectivity index (χ0v) is 14.0. The van der Waals surface area contributed by atoms with Gasteiger partial charge < -0.3 is 20.2 Å². The minimum Gasteiger partial charge on any atom is -0.442 e. The van der Waals surface area contributed by atoms with Crippen molar-refractivity contribution in [3.05, 3.63) is 17.7 Å². The number of fused-ring (bicyclic) bond motifs is 1. The molecule has 0 spiro atoms. The summed E-state index contributed by atoms with van der Waals surface area (Å²) in [5, 5.41) is 16.3. The van der Waals surface area contributed by atoms with E-state index in [1.54, 1.807) is 6.92 Å². The summed E-state index contributed by atoms with van der Waals surface area (Å²) in [5.41, 5.74) is 0.676. The minimum absolute atomic E-state index is 0.0365. The maximum Gasteiger partial charge on any atom is 0.256 e. The van der Waals surface area contributed by atoms with Crippen LogP contribution in [0.3, 0.4) is 0 Å². The molecule has 0 aliphatic heterocycles. The van der Waals surface area contributed by atoms with Gasteiger partial charge in [0.2, 0.25) is 5.71 Å². The lowest BCUT2D eigenvalue weighted by Gasteiger charge is -2.17. The summed E-state index contributed by atoms with van der Waals surface area (Å²) in [7, 11) is 0. The maximum atomic E-state index is 12.9. The van der Waals surface area contributed by atoms with E-state index in [0.29, 0.717) is 34.7 Å². The van der Waals surface area contributed by atoms with Crippen LogP contribution in [-0.2, 0) is 0 Å². The summed E-state index contributed by atoms with van der Waals surface area (Å²) in [6, 6.07) is 0. The Hall–Kier alpha value is -2.15. The molecule has 7 heteroatoms. The first kappa shape index (κ1) is 15.4. The molecule has 2 aliphatic carbocycles. The highest BCUT2D eigenvalue weighted by atomic mass is 16.3. The van der Waals surface area contributed by atoms with E-state index in [9.17, 15) is 9.90 Å². The molecular formula is C17H22N4O3. The van der Waals surface area contributed by atoms with E-state index in [2.05, 4.69) is 27.5 Å². The summed E-state index contributed by atoms with van der Waals surface area (Å²) in [4.78, 5) is 21.4. The molecule has 2 aliphatic rings. The number of anilines is 1. The third kappa shape index (κ3) is 2.62. The van der Waals surface area contributed by atoms with E-state index in [1.807, 2.05) is 0 Å². The van der Waals surface area contributed by atoms with Gasteiger partial charge in [-0.3, -0.25) is 4.79 Å². The van der Waals surface area contributed by atoms with Crippen molar-refractivity contribution in [3.8, 4) is 0 Å². The number of amides is 1. The Kier molecular flexibility index (Phi) is 3.32. The molecule has 2 saturated carbocycles. The molecule has 2 heterocycles. The Labute approximate surface area is 139 Å². The quantitative estimate of drug-likeness (QED) is 0.750. The fraction of sp³-hybridized carbons (Fsp3) is 0.588. The Morgan fingerprint density at radius 3 is 2.71 bits per heavy atom. The van der Waals surface area contributed by atoms with E-state index in [1.165, 1.54) is 6.33 Å². The van der Waals surface area contributed by atoms with Crippen molar-refractivity contribution in [2.24, 2.45) is 0 Å². The highest BCUT2D eigenvalue weighted by Crippen LogP contribution is 2.41. The van der Waals surface area contributed by atoms with Gasteiger partial charge in [-0.1, -0.05) is 0 Å². The van der Waals surface area contributed by atoms with Gasteiger partial charge in [-0.15, -0.1) is 0 Å². The third-order valence-corrected chi connectivity index (χ3v) is 5.13. The van der Waals surface area contributed by atoms with Crippen LogP contribution in [0.1, 0.15) is 55.1 Å². The van der Waals surface area contributed by atoms with Crippen molar-refractivity contribution in [2.75, 3.05) is 11.9 Å². The van der Waals surface area contributed by atoms with Crippen LogP contribution in [0.2, 0.25) is 0 Å². The van der Waals surface area contributed by atoms with Crippen LogP contribution in [0.15, 0.2) is 10.7 Å². The normalized spacial score (nSPS) is 20.0. The average molecular weight is 330 g/mol. The topological polar surface area (TPSA) is 100 Å². The Balaban J connectivity index is 1.71. The second-order valence-corrected chi connectivity index (χ2v) is 7.33. The van der Waals surface area contributed by atoms with Crippen molar-refractivity contribution < 1.29 is 14.3 Å². The molecule has 0 atom stereocenters. The van der Waals surface area contributed by atoms with Crippen LogP contribution in [0.25, 0.3) is 11.1 Å². The van der Waals surface area contributed by atoms with Gasteiger partial charge in [0.25, 0.3) is 5.91 Å². The number of carbonyl (C=O) groups excluding carboxylic acids is 1. The molecule has 0 unspecified atom stereocenters. The lowest BCUT2D eigenvalue weighted by atomic mass is 10.1. The summed E-state index contributed by atoms with van der Waals surface area (Å²) in [6.45, 7) is 3.97. The van der Waals surface area contributed by atoms with Gasteiger partial charge in [0.1, 0.15) is 17.9 Å². The minimum atomic E-state index is -0.270. The zero-order valence-electron chi connectivity index (χ0n) is 14.0. The van der Waals surface area contributed by atoms with E-state index in [-0.39, 0.29) is 23.6 Å². The van der Waals surface area contributed by atoms with Crippen LogP contribution >= 0.6 is 0 Å². The highest BCUT2D eigenvalue weighted by molar-refractivity contribution is 6.10. The monoisotopic (exact) mass is 330 g/mol. The molecule has 0 radical (unpaired) electrons. The van der Waals surface area contributed by atoms with Crippen LogP contribution < -0.4 is 10.6 Å². The smallest absolute Gasteiger partial charge is 0.256 e. The Morgan fingerprint density at radius 2 is 2.08 bits per heavy atom. The Morgan fingerprint density at radius 1 is 1.33 bits per heavy atom. The van der Waals surface area contributed by atoms with E-state index >= 15 is 0 Å². The van der Waals surface area contributed by atoms with Gasteiger partial charge in [-0.25, -0.2) is 9.97 Å². The molecule has 24 heavy (non-hydrogen) atoms. The predicted octanol–water partition coefficient (Wildman–Crippen LogP) is 2.14. The first-order valence-corrected chi connectivity index (χ1v) is 8.41. The molecular weight excluding hydrogens is 308 g/mol. The van der Waals surface area contributed by atoms with Gasteiger partial charge >= 0.3 is 0 Å². The maximum absolute atomic E-state index is 12.9. The molecule has 0 aromatic carbocycles. The number of rotatable bonds is 6. The molecule has 2 aromatic rings. The van der Waals surface area contributed by atoms with Gasteiger partial charge in [0.05, 0.1) is 10.9 Å². The first-order valence-electron chi connectivity index (χ1n) is 8.41. The predicted molar refractivity (Wildman–Crippen MR) is 88.9 cm³/mol. The van der Waals surface area contributed by atoms with Crippen molar-refractivity contribution >= 4 is 22.8 Å².